The van der Waals surface area contributed by atoms with Gasteiger partial charge in [-0.3, -0.25) is 19.2 Å². The third-order valence-electron chi connectivity index (χ3n) is 4.25. The summed E-state index contributed by atoms with van der Waals surface area (Å²) in [6, 6.07) is 7.56. The van der Waals surface area contributed by atoms with Crippen molar-refractivity contribution in [2.75, 3.05) is 13.7 Å². The third kappa shape index (κ3) is 3.01. The lowest BCUT2D eigenvalue weighted by Crippen LogP contribution is -2.57. The molecule has 4 aliphatic rings. The number of cyclic esters (lactones) is 1. The number of nitrogens with zero attached hydrogens (tertiary/aromatic N) is 1. The van der Waals surface area contributed by atoms with E-state index >= 15 is 0 Å². The number of methoxy groups -OCH3 is 1. The van der Waals surface area contributed by atoms with Crippen LogP contribution in [0.2, 0.25) is 0 Å². The minimum Gasteiger partial charge on any atom is -0.465 e. The van der Waals surface area contributed by atoms with Crippen LogP contribution in [0, 0.1) is 0 Å². The van der Waals surface area contributed by atoms with Crippen LogP contribution in [0.25, 0.3) is 11.1 Å². The molecule has 9 nitrogen and oxygen atoms in total. The summed E-state index contributed by atoms with van der Waals surface area (Å²) in [5.74, 6) is -2.61. The molecule has 1 unspecified atom stereocenters. The van der Waals surface area contributed by atoms with Gasteiger partial charge in [0.15, 0.2) is 0 Å². The summed E-state index contributed by atoms with van der Waals surface area (Å²) in [4.78, 5) is 51.4. The van der Waals surface area contributed by atoms with Gasteiger partial charge in [0.25, 0.3) is 5.91 Å². The van der Waals surface area contributed by atoms with Crippen LogP contribution in [0.1, 0.15) is 19.8 Å². The van der Waals surface area contributed by atoms with Gasteiger partial charge < -0.3 is 14.8 Å². The Morgan fingerprint density at radius 2 is 1.85 bits per heavy atom. The van der Waals surface area contributed by atoms with Crippen LogP contribution >= 0.6 is 0 Å². The van der Waals surface area contributed by atoms with Crippen molar-refractivity contribution >= 4 is 23.8 Å². The maximum Gasteiger partial charge on any atom is 0.374 e. The van der Waals surface area contributed by atoms with Gasteiger partial charge in [-0.05, 0) is 11.1 Å². The molecule has 9 heteroatoms. The van der Waals surface area contributed by atoms with Gasteiger partial charge in [-0.15, -0.1) is 0 Å². The number of nitrogens with one attached hydrogen (secondary N) is 1. The first-order valence-electron chi connectivity index (χ1n) is 8.02. The van der Waals surface area contributed by atoms with Crippen molar-refractivity contribution in [3.63, 3.8) is 0 Å². The van der Waals surface area contributed by atoms with Crippen molar-refractivity contribution < 1.29 is 33.5 Å². The van der Waals surface area contributed by atoms with Gasteiger partial charge in [0.1, 0.15) is 12.6 Å². The number of carbonyl (C=O) groups is 4. The molecule has 2 aliphatic heterocycles. The molecular weight excluding hydrogens is 344 g/mol. The number of amides is 2. The number of fused-ring (bicyclic) bond motifs is 1. The lowest BCUT2D eigenvalue weighted by molar-refractivity contribution is -0.258. The molecule has 2 atom stereocenters. The minimum absolute atomic E-state index is 0.0347. The highest BCUT2D eigenvalue weighted by atomic mass is 16.8. The van der Waals surface area contributed by atoms with Crippen molar-refractivity contribution in [2.45, 2.75) is 31.5 Å². The zero-order valence-electron chi connectivity index (χ0n) is 14.3. The molecule has 0 radical (unpaired) electrons. The van der Waals surface area contributed by atoms with Crippen molar-refractivity contribution in [2.24, 2.45) is 0 Å². The Bertz CT molecular complexity index is 740. The molecule has 2 amide bonds. The number of benzene rings is 1. The van der Waals surface area contributed by atoms with Gasteiger partial charge in [0.2, 0.25) is 5.91 Å². The molecule has 0 saturated carbocycles. The summed E-state index contributed by atoms with van der Waals surface area (Å²) in [6.45, 7) is 1.11. The van der Waals surface area contributed by atoms with Crippen LogP contribution in [0.15, 0.2) is 24.3 Å². The number of hydrogen-bond acceptors (Lipinski definition) is 7. The van der Waals surface area contributed by atoms with E-state index in [0.29, 0.717) is 5.06 Å². The number of hydrogen-bond donors (Lipinski definition) is 1. The molecule has 2 aliphatic carbocycles. The molecule has 2 saturated heterocycles. The van der Waals surface area contributed by atoms with E-state index in [0.717, 1.165) is 7.11 Å². The smallest absolute Gasteiger partial charge is 0.374 e. The van der Waals surface area contributed by atoms with Gasteiger partial charge in [-0.25, -0.2) is 4.79 Å². The normalized spacial score (nSPS) is 25.2. The second-order valence-electron chi connectivity index (χ2n) is 6.01. The molecular formula is C17H18N2O7. The van der Waals surface area contributed by atoms with E-state index in [1.807, 2.05) is 0 Å². The molecule has 26 heavy (non-hydrogen) atoms. The largest absolute Gasteiger partial charge is 0.465 e. The lowest BCUT2D eigenvalue weighted by Gasteiger charge is -2.31. The molecule has 0 spiro atoms. The maximum absolute atomic E-state index is 12.1. The van der Waals surface area contributed by atoms with Crippen molar-refractivity contribution in [3.05, 3.63) is 24.3 Å². The molecule has 0 aromatic rings. The van der Waals surface area contributed by atoms with E-state index in [9.17, 15) is 19.2 Å². The topological polar surface area (TPSA) is 111 Å². The summed E-state index contributed by atoms with van der Waals surface area (Å²) in [7, 11) is 1.11. The first-order valence-corrected chi connectivity index (χ1v) is 8.02. The Morgan fingerprint density at radius 3 is 2.23 bits per heavy atom. The summed E-state index contributed by atoms with van der Waals surface area (Å²) < 4.78 is 9.55. The van der Waals surface area contributed by atoms with E-state index in [-0.39, 0.29) is 19.4 Å². The van der Waals surface area contributed by atoms with E-state index in [4.69, 9.17) is 9.57 Å². The highest BCUT2D eigenvalue weighted by Gasteiger charge is 2.59. The standard InChI is InChI=1S/C11H14N2O7.C6H4/c1-6(14)12-7-5-19-13(9(7)16)11(10(17)18-2)4-3-8(15)20-11;1-2-6-4-3-5(1)6/h7H,3-5H2,1-2H3,(H,12,14);1-4H/t7-,11?;/m1./s1. The van der Waals surface area contributed by atoms with Gasteiger partial charge in [-0.2, -0.15) is 5.06 Å². The van der Waals surface area contributed by atoms with E-state index in [2.05, 4.69) is 34.3 Å². The van der Waals surface area contributed by atoms with Gasteiger partial charge in [0.05, 0.1) is 13.5 Å². The number of esters is 2. The lowest BCUT2D eigenvalue weighted by atomic mass is 9.95. The van der Waals surface area contributed by atoms with Crippen molar-refractivity contribution in [1.29, 1.82) is 0 Å². The molecule has 2 fully saturated rings. The number of hydroxylamine groups is 2. The highest BCUT2D eigenvalue weighted by molar-refractivity contribution is 5.94. The van der Waals surface area contributed by atoms with Gasteiger partial charge >= 0.3 is 17.7 Å². The Morgan fingerprint density at radius 1 is 1.23 bits per heavy atom. The number of rotatable bonds is 3. The van der Waals surface area contributed by atoms with E-state index < -0.39 is 35.5 Å². The molecule has 1 N–H and O–H groups in total. The predicted molar refractivity (Wildman–Crippen MR) is 85.9 cm³/mol. The molecule has 4 rings (SSSR count). The fraction of sp³-hybridized carbons (Fsp3) is 0.412. The SMILES string of the molecule is COC(=O)C1(N2OC[C@@H](NC(C)=O)C2=O)CCC(=O)O1.c1cc2ccc1-2. The average molecular weight is 362 g/mol. The average Bonchev–Trinajstić information content (AvgIpc) is 3.15. The first kappa shape index (κ1) is 17.9. The summed E-state index contributed by atoms with van der Waals surface area (Å²) >= 11 is 0. The van der Waals surface area contributed by atoms with Crippen LogP contribution in [-0.4, -0.2) is 54.3 Å². The monoisotopic (exact) mass is 362 g/mol. The molecule has 0 aromatic carbocycles. The Hall–Kier alpha value is -2.94. The molecule has 0 aromatic heterocycles. The quantitative estimate of drug-likeness (QED) is 0.773. The Kier molecular flexibility index (Phi) is 4.64. The van der Waals surface area contributed by atoms with Crippen LogP contribution in [0.3, 0.4) is 0 Å². The predicted octanol–water partition coefficient (Wildman–Crippen LogP) is 0.138. The maximum atomic E-state index is 12.1. The van der Waals surface area contributed by atoms with Crippen molar-refractivity contribution in [3.8, 4) is 11.1 Å². The minimum atomic E-state index is -1.91. The molecule has 138 valence electrons. The van der Waals surface area contributed by atoms with Crippen LogP contribution in [-0.2, 0) is 33.5 Å². The highest BCUT2D eigenvalue weighted by Crippen LogP contribution is 2.34. The third-order valence-corrected chi connectivity index (χ3v) is 4.25. The van der Waals surface area contributed by atoms with E-state index in [1.54, 1.807) is 0 Å². The first-order chi connectivity index (χ1) is 12.4. The fourth-order valence-electron chi connectivity index (χ4n) is 2.81. The number of ether oxygens (including phenoxy) is 2. The summed E-state index contributed by atoms with van der Waals surface area (Å²) in [6.07, 6.45) is -0.0932. The molecule has 0 bridgehead atoms. The van der Waals surface area contributed by atoms with Crippen LogP contribution in [0.5, 0.6) is 0 Å². The second kappa shape index (κ2) is 6.75. The summed E-state index contributed by atoms with van der Waals surface area (Å²) in [5.41, 5.74) is 0.945. The van der Waals surface area contributed by atoms with Gasteiger partial charge in [-0.1, -0.05) is 24.3 Å². The van der Waals surface area contributed by atoms with E-state index in [1.165, 1.54) is 18.1 Å². The van der Waals surface area contributed by atoms with Gasteiger partial charge in [0, 0.05) is 13.3 Å². The van der Waals surface area contributed by atoms with Crippen molar-refractivity contribution in [1.82, 2.24) is 10.4 Å². The Labute approximate surface area is 149 Å². The van der Waals surface area contributed by atoms with Crippen LogP contribution in [0.4, 0.5) is 0 Å². The summed E-state index contributed by atoms with van der Waals surface area (Å²) in [5, 5.41) is 3.07. The molecule has 2 heterocycles. The second-order valence-corrected chi connectivity index (χ2v) is 6.01. The zero-order chi connectivity index (χ0) is 18.9. The van der Waals surface area contributed by atoms with Crippen LogP contribution < -0.4 is 5.32 Å². The zero-order valence-corrected chi connectivity index (χ0v) is 14.3. The number of carbonyl (C=O) groups excluding carboxylic acids is 4. The fourth-order valence-corrected chi connectivity index (χ4v) is 2.81. The Balaban J connectivity index is 0.000000269.